The molecule has 3 heterocycles. The van der Waals surface area contributed by atoms with Crippen molar-refractivity contribution in [3.8, 4) is 0 Å². The number of rotatable bonds is 7. The molecular formula is C29H40N6O. The number of carbonyl (C=O) groups excluding carboxylic acids is 1. The highest BCUT2D eigenvalue weighted by Gasteiger charge is 2.27. The molecule has 1 atom stereocenters. The third-order valence-corrected chi connectivity index (χ3v) is 7.74. The molecule has 0 saturated carbocycles. The lowest BCUT2D eigenvalue weighted by Gasteiger charge is -2.37. The zero-order chi connectivity index (χ0) is 25.1. The fraction of sp³-hybridized carbons (Fsp3) is 0.517. The molecule has 7 nitrogen and oxygen atoms in total. The number of carbonyl (C=O) groups is 1. The van der Waals surface area contributed by atoms with Crippen LogP contribution in [0.3, 0.4) is 0 Å². The van der Waals surface area contributed by atoms with Gasteiger partial charge in [0.15, 0.2) is 0 Å². The Morgan fingerprint density at radius 2 is 1.78 bits per heavy atom. The van der Waals surface area contributed by atoms with Gasteiger partial charge in [-0.1, -0.05) is 18.2 Å². The number of fused-ring (bicyclic) bond motifs is 1. The van der Waals surface area contributed by atoms with E-state index in [2.05, 4.69) is 82.2 Å². The fourth-order valence-electron chi connectivity index (χ4n) is 5.57. The summed E-state index contributed by atoms with van der Waals surface area (Å²) in [6.07, 6.45) is 2.95. The third kappa shape index (κ3) is 5.67. The van der Waals surface area contributed by atoms with Crippen molar-refractivity contribution in [3.05, 3.63) is 53.1 Å². The molecule has 1 amide bonds. The molecule has 2 saturated heterocycles. The van der Waals surface area contributed by atoms with E-state index in [0.29, 0.717) is 0 Å². The molecule has 36 heavy (non-hydrogen) atoms. The van der Waals surface area contributed by atoms with Crippen molar-refractivity contribution in [2.45, 2.75) is 40.0 Å². The van der Waals surface area contributed by atoms with Crippen LogP contribution in [0.5, 0.6) is 0 Å². The first-order chi connectivity index (χ1) is 17.5. The first kappa shape index (κ1) is 24.6. The zero-order valence-electron chi connectivity index (χ0n) is 22.0. The summed E-state index contributed by atoms with van der Waals surface area (Å²) in [5.41, 5.74) is 7.32. The highest BCUT2D eigenvalue weighted by molar-refractivity contribution is 5.80. The van der Waals surface area contributed by atoms with E-state index in [-0.39, 0.29) is 11.8 Å². The first-order valence-electron chi connectivity index (χ1n) is 13.5. The number of amides is 1. The van der Waals surface area contributed by atoms with Crippen molar-refractivity contribution in [1.82, 2.24) is 20.2 Å². The number of anilines is 2. The van der Waals surface area contributed by atoms with E-state index in [9.17, 15) is 4.79 Å². The second-order valence-electron chi connectivity index (χ2n) is 10.6. The van der Waals surface area contributed by atoms with Gasteiger partial charge in [-0.2, -0.15) is 0 Å². The molecule has 192 valence electrons. The summed E-state index contributed by atoms with van der Waals surface area (Å²) in [4.78, 5) is 28.4. The third-order valence-electron chi connectivity index (χ3n) is 7.74. The standard InChI is InChI=1S/C29H40N6O/c1-21-8-10-25-26(18-21)32-29(31-25)35-13-4-6-24(20-35)28(36)30-11-5-12-33-14-16-34(17-15-33)27-19-22(2)7-9-23(27)3/h7-10,18-19,24H,4-6,11-17,20H2,1-3H3,(H,30,36)(H,31,32). The molecule has 0 bridgehead atoms. The van der Waals surface area contributed by atoms with Crippen LogP contribution >= 0.6 is 0 Å². The van der Waals surface area contributed by atoms with Crippen LogP contribution in [0.1, 0.15) is 36.0 Å². The molecule has 0 spiro atoms. The lowest BCUT2D eigenvalue weighted by Crippen LogP contribution is -2.47. The van der Waals surface area contributed by atoms with E-state index in [4.69, 9.17) is 4.98 Å². The number of hydrogen-bond acceptors (Lipinski definition) is 5. The van der Waals surface area contributed by atoms with Gasteiger partial charge in [-0.05, 0) is 81.5 Å². The summed E-state index contributed by atoms with van der Waals surface area (Å²) in [6, 6.07) is 13.0. The van der Waals surface area contributed by atoms with E-state index in [0.717, 1.165) is 88.6 Å². The minimum Gasteiger partial charge on any atom is -0.369 e. The van der Waals surface area contributed by atoms with Gasteiger partial charge in [0, 0.05) is 51.5 Å². The highest BCUT2D eigenvalue weighted by atomic mass is 16.1. The highest BCUT2D eigenvalue weighted by Crippen LogP contribution is 2.25. The smallest absolute Gasteiger partial charge is 0.224 e. The van der Waals surface area contributed by atoms with E-state index in [1.54, 1.807) is 0 Å². The summed E-state index contributed by atoms with van der Waals surface area (Å²) in [6.45, 7) is 14.2. The lowest BCUT2D eigenvalue weighted by molar-refractivity contribution is -0.125. The van der Waals surface area contributed by atoms with Crippen LogP contribution in [0.15, 0.2) is 36.4 Å². The van der Waals surface area contributed by atoms with Crippen molar-refractivity contribution >= 4 is 28.6 Å². The van der Waals surface area contributed by atoms with Gasteiger partial charge in [-0.3, -0.25) is 9.69 Å². The van der Waals surface area contributed by atoms with Crippen molar-refractivity contribution in [2.24, 2.45) is 5.92 Å². The number of nitrogens with zero attached hydrogens (tertiary/aromatic N) is 4. The Balaban J connectivity index is 1.04. The molecule has 1 unspecified atom stereocenters. The summed E-state index contributed by atoms with van der Waals surface area (Å²) in [5, 5.41) is 3.21. The number of aromatic nitrogens is 2. The Kier molecular flexibility index (Phi) is 7.46. The Labute approximate surface area is 214 Å². The molecule has 3 aromatic rings. The monoisotopic (exact) mass is 488 g/mol. The van der Waals surface area contributed by atoms with E-state index >= 15 is 0 Å². The Hall–Kier alpha value is -3.06. The van der Waals surface area contributed by atoms with Crippen molar-refractivity contribution in [1.29, 1.82) is 0 Å². The van der Waals surface area contributed by atoms with Crippen LogP contribution in [-0.4, -0.2) is 73.1 Å². The van der Waals surface area contributed by atoms with Crippen LogP contribution < -0.4 is 15.1 Å². The number of aromatic amines is 1. The van der Waals surface area contributed by atoms with E-state index in [1.807, 2.05) is 0 Å². The maximum absolute atomic E-state index is 12.9. The lowest BCUT2D eigenvalue weighted by atomic mass is 9.97. The summed E-state index contributed by atoms with van der Waals surface area (Å²) in [7, 11) is 0. The molecule has 2 aromatic carbocycles. The first-order valence-corrected chi connectivity index (χ1v) is 13.5. The minimum absolute atomic E-state index is 0.0230. The molecule has 2 N–H and O–H groups in total. The molecule has 2 aliphatic rings. The Bertz CT molecular complexity index is 1200. The normalized spacial score (nSPS) is 19.1. The van der Waals surface area contributed by atoms with Crippen LogP contribution in [-0.2, 0) is 4.79 Å². The van der Waals surface area contributed by atoms with Crippen LogP contribution in [0.25, 0.3) is 11.0 Å². The number of hydrogen-bond donors (Lipinski definition) is 2. The average Bonchev–Trinajstić information content (AvgIpc) is 3.32. The number of imidazole rings is 1. The number of piperazine rings is 1. The van der Waals surface area contributed by atoms with Crippen LogP contribution in [0, 0.1) is 26.7 Å². The molecule has 2 fully saturated rings. The molecular weight excluding hydrogens is 448 g/mol. The topological polar surface area (TPSA) is 67.5 Å². The van der Waals surface area contributed by atoms with Gasteiger partial charge >= 0.3 is 0 Å². The largest absolute Gasteiger partial charge is 0.369 e. The maximum atomic E-state index is 12.9. The Morgan fingerprint density at radius 1 is 1.00 bits per heavy atom. The molecule has 2 aliphatic heterocycles. The Morgan fingerprint density at radius 3 is 2.61 bits per heavy atom. The van der Waals surface area contributed by atoms with Crippen molar-refractivity contribution < 1.29 is 4.79 Å². The second-order valence-corrected chi connectivity index (χ2v) is 10.6. The van der Waals surface area contributed by atoms with Gasteiger partial charge in [0.05, 0.1) is 17.0 Å². The fourth-order valence-corrected chi connectivity index (χ4v) is 5.57. The number of benzene rings is 2. The maximum Gasteiger partial charge on any atom is 0.224 e. The van der Waals surface area contributed by atoms with E-state index < -0.39 is 0 Å². The van der Waals surface area contributed by atoms with Crippen LogP contribution in [0.2, 0.25) is 0 Å². The molecule has 1 aromatic heterocycles. The predicted molar refractivity (Wildman–Crippen MR) is 148 cm³/mol. The van der Waals surface area contributed by atoms with Gasteiger partial charge in [-0.25, -0.2) is 4.98 Å². The quantitative estimate of drug-likeness (QED) is 0.492. The number of piperidine rings is 1. The zero-order valence-corrected chi connectivity index (χ0v) is 22.0. The minimum atomic E-state index is 0.0230. The predicted octanol–water partition coefficient (Wildman–Crippen LogP) is 4.03. The molecule has 7 heteroatoms. The number of H-pyrrole nitrogens is 1. The summed E-state index contributed by atoms with van der Waals surface area (Å²) < 4.78 is 0. The number of aryl methyl sites for hydroxylation is 3. The SMILES string of the molecule is Cc1ccc(C)c(N2CCN(CCCNC(=O)C3CCCN(c4nc5ccc(C)cc5[nH]4)C3)CC2)c1. The van der Waals surface area contributed by atoms with Crippen LogP contribution in [0.4, 0.5) is 11.6 Å². The van der Waals surface area contributed by atoms with Crippen molar-refractivity contribution in [2.75, 3.05) is 62.2 Å². The molecule has 0 radical (unpaired) electrons. The van der Waals surface area contributed by atoms with Gasteiger partial charge < -0.3 is 20.1 Å². The average molecular weight is 489 g/mol. The summed E-state index contributed by atoms with van der Waals surface area (Å²) in [5.74, 6) is 1.09. The van der Waals surface area contributed by atoms with Gasteiger partial charge in [0.2, 0.25) is 11.9 Å². The molecule has 0 aliphatic carbocycles. The van der Waals surface area contributed by atoms with Gasteiger partial charge in [0.1, 0.15) is 0 Å². The summed E-state index contributed by atoms with van der Waals surface area (Å²) >= 11 is 0. The van der Waals surface area contributed by atoms with Gasteiger partial charge in [0.25, 0.3) is 0 Å². The molecule has 5 rings (SSSR count). The van der Waals surface area contributed by atoms with E-state index in [1.165, 1.54) is 22.4 Å². The van der Waals surface area contributed by atoms with Gasteiger partial charge in [-0.15, -0.1) is 0 Å². The van der Waals surface area contributed by atoms with Crippen molar-refractivity contribution in [3.63, 3.8) is 0 Å². The number of nitrogens with one attached hydrogen (secondary N) is 2. The second kappa shape index (κ2) is 10.9.